The highest BCUT2D eigenvalue weighted by Gasteiger charge is 2.16. The molecule has 0 aliphatic rings. The van der Waals surface area contributed by atoms with E-state index < -0.39 is 0 Å². The molecule has 0 atom stereocenters. The molecule has 0 radical (unpaired) electrons. The van der Waals surface area contributed by atoms with Crippen LogP contribution >= 0.6 is 0 Å². The molecule has 0 saturated carbocycles. The van der Waals surface area contributed by atoms with Crippen LogP contribution in [0.4, 0.5) is 0 Å². The number of terminal acetylenes is 1. The first-order valence-electron chi connectivity index (χ1n) is 7.22. The molecule has 2 nitrogen and oxygen atoms in total. The Hall–Kier alpha value is -3.17. The molecule has 1 aromatic carbocycles. The Balaban J connectivity index is 0.000000468. The molecule has 0 fully saturated rings. The van der Waals surface area contributed by atoms with Gasteiger partial charge >= 0.3 is 0 Å². The van der Waals surface area contributed by atoms with Crippen LogP contribution < -0.4 is 6.15 Å². The summed E-state index contributed by atoms with van der Waals surface area (Å²) in [6, 6.07) is 10.4. The molecule has 0 bridgehead atoms. The lowest BCUT2D eigenvalue weighted by Crippen LogP contribution is -2.11. The highest BCUT2D eigenvalue weighted by Crippen LogP contribution is 2.28. The maximum absolute atomic E-state index is 4.82. The average molecular weight is 314 g/mol. The summed E-state index contributed by atoms with van der Waals surface area (Å²) in [6.45, 7) is 8.40. The van der Waals surface area contributed by atoms with Gasteiger partial charge in [0, 0.05) is 11.6 Å². The minimum absolute atomic E-state index is 0. The number of benzene rings is 1. The van der Waals surface area contributed by atoms with Crippen molar-refractivity contribution in [1.82, 2.24) is 11.1 Å². The lowest BCUT2D eigenvalue weighted by atomic mass is 9.85. The van der Waals surface area contributed by atoms with E-state index in [-0.39, 0.29) is 11.6 Å². The Labute approximate surface area is 145 Å². The molecule has 0 spiro atoms. The molecule has 1 heterocycles. The van der Waals surface area contributed by atoms with Gasteiger partial charge in [-0.15, -0.1) is 6.42 Å². The number of fused-ring (bicyclic) bond motifs is 1. The van der Waals surface area contributed by atoms with Crippen LogP contribution in [0.5, 0.6) is 0 Å². The number of aromatic nitrogens is 1. The van der Waals surface area contributed by atoms with E-state index in [1.54, 1.807) is 6.92 Å². The van der Waals surface area contributed by atoms with Crippen molar-refractivity contribution in [2.24, 2.45) is 0 Å². The van der Waals surface area contributed by atoms with E-state index in [0.29, 0.717) is 0 Å². The Bertz CT molecular complexity index is 885. The third-order valence-corrected chi connectivity index (χ3v) is 2.90. The number of pyridine rings is 1. The molecule has 0 aliphatic heterocycles. The van der Waals surface area contributed by atoms with Crippen LogP contribution in [0, 0.1) is 47.9 Å². The Morgan fingerprint density at radius 2 is 1.54 bits per heavy atom. The van der Waals surface area contributed by atoms with Gasteiger partial charge in [-0.2, -0.15) is 0 Å². The van der Waals surface area contributed by atoms with Crippen LogP contribution in [0.15, 0.2) is 36.5 Å². The molecular formula is C22H22N2. The molecule has 24 heavy (non-hydrogen) atoms. The minimum Gasteiger partial charge on any atom is -0.344 e. The van der Waals surface area contributed by atoms with Gasteiger partial charge in [-0.25, -0.2) is 0 Å². The topological polar surface area (TPSA) is 47.9 Å². The normalized spacial score (nSPS) is 8.29. The summed E-state index contributed by atoms with van der Waals surface area (Å²) in [5.41, 5.74) is 2.63. The second kappa shape index (κ2) is 10.5. The van der Waals surface area contributed by atoms with Gasteiger partial charge in [-0.1, -0.05) is 44.9 Å². The lowest BCUT2D eigenvalue weighted by Gasteiger charge is -2.20. The molecule has 0 aliphatic carbocycles. The summed E-state index contributed by atoms with van der Waals surface area (Å²) in [6.07, 6.45) is 6.71. The monoisotopic (exact) mass is 314 g/mol. The molecule has 120 valence electrons. The van der Waals surface area contributed by atoms with Gasteiger partial charge in [0.15, 0.2) is 0 Å². The highest BCUT2D eigenvalue weighted by molar-refractivity contribution is 5.82. The summed E-state index contributed by atoms with van der Waals surface area (Å²) < 4.78 is 0. The van der Waals surface area contributed by atoms with Crippen LogP contribution in [0.3, 0.4) is 0 Å². The van der Waals surface area contributed by atoms with Crippen molar-refractivity contribution in [2.45, 2.75) is 33.1 Å². The predicted octanol–water partition coefficient (Wildman–Crippen LogP) is 4.34. The van der Waals surface area contributed by atoms with Crippen molar-refractivity contribution in [1.29, 1.82) is 0 Å². The van der Waals surface area contributed by atoms with Gasteiger partial charge in [0.05, 0.1) is 5.52 Å². The summed E-state index contributed by atoms with van der Waals surface area (Å²) in [4.78, 5) is 4.36. The number of hydrogen-bond donors (Lipinski definition) is 1. The Morgan fingerprint density at radius 1 is 0.917 bits per heavy atom. The largest absolute Gasteiger partial charge is 0.344 e. The fourth-order valence-corrected chi connectivity index (χ4v) is 1.94. The highest BCUT2D eigenvalue weighted by atomic mass is 14.6. The Morgan fingerprint density at radius 3 is 2.17 bits per heavy atom. The lowest BCUT2D eigenvalue weighted by molar-refractivity contribution is 0.595. The fourth-order valence-electron chi connectivity index (χ4n) is 1.94. The smallest absolute Gasteiger partial charge is 0.0704 e. The summed E-state index contributed by atoms with van der Waals surface area (Å²) in [5.74, 6) is 17.0. The second-order valence-electron chi connectivity index (χ2n) is 5.64. The molecule has 2 heteroatoms. The second-order valence-corrected chi connectivity index (χ2v) is 5.64. The minimum atomic E-state index is 0. The van der Waals surface area contributed by atoms with E-state index >= 15 is 0 Å². The summed E-state index contributed by atoms with van der Waals surface area (Å²) >= 11 is 0. The number of nitrogens with zero attached hydrogens (tertiary/aromatic N) is 1. The van der Waals surface area contributed by atoms with Gasteiger partial charge in [-0.05, 0) is 65.6 Å². The molecule has 1 aromatic heterocycles. The predicted molar refractivity (Wildman–Crippen MR) is 103 cm³/mol. The van der Waals surface area contributed by atoms with Crippen LogP contribution in [-0.2, 0) is 5.41 Å². The van der Waals surface area contributed by atoms with Crippen molar-refractivity contribution in [3.05, 3.63) is 42.1 Å². The molecular weight excluding hydrogens is 292 g/mol. The first-order chi connectivity index (χ1) is 11.0. The quantitative estimate of drug-likeness (QED) is 0.735. The standard InChI is InChI=1S/C13H15N.C9H4.H3N/c1-13(2,3)11-8-9-14-12-7-5-4-6-10(11)12;1-3-5-7-9-8-6-4-2;/h4-9H,1-3H3;1H,2H3;1H3. The number of rotatable bonds is 0. The van der Waals surface area contributed by atoms with Gasteiger partial charge in [0.2, 0.25) is 0 Å². The van der Waals surface area contributed by atoms with Crippen LogP contribution in [0.25, 0.3) is 10.9 Å². The van der Waals surface area contributed by atoms with E-state index in [9.17, 15) is 0 Å². The van der Waals surface area contributed by atoms with Gasteiger partial charge in [0.1, 0.15) is 0 Å². The molecule has 3 N–H and O–H groups in total. The molecule has 0 saturated heterocycles. The maximum atomic E-state index is 4.82. The van der Waals surface area contributed by atoms with Crippen LogP contribution in [0.2, 0.25) is 0 Å². The van der Waals surface area contributed by atoms with E-state index in [0.717, 1.165) is 5.52 Å². The van der Waals surface area contributed by atoms with Gasteiger partial charge in [0.25, 0.3) is 0 Å². The third-order valence-electron chi connectivity index (χ3n) is 2.90. The summed E-state index contributed by atoms with van der Waals surface area (Å²) in [5, 5.41) is 1.27. The molecule has 0 amide bonds. The number of para-hydroxylation sites is 1. The molecule has 2 rings (SSSR count). The van der Waals surface area contributed by atoms with E-state index in [1.807, 2.05) is 12.3 Å². The summed E-state index contributed by atoms with van der Waals surface area (Å²) in [7, 11) is 0. The zero-order chi connectivity index (χ0) is 17.1. The SMILES string of the molecule is C#CC#CC#CC#CC.CC(C)(C)c1ccnc2ccccc12.N. The van der Waals surface area contributed by atoms with Crippen LogP contribution in [0.1, 0.15) is 33.3 Å². The average Bonchev–Trinajstić information content (AvgIpc) is 2.54. The van der Waals surface area contributed by atoms with E-state index in [4.69, 9.17) is 6.42 Å². The molecule has 0 unspecified atom stereocenters. The van der Waals surface area contributed by atoms with Crippen molar-refractivity contribution >= 4 is 10.9 Å². The van der Waals surface area contributed by atoms with E-state index in [1.165, 1.54) is 10.9 Å². The van der Waals surface area contributed by atoms with Crippen molar-refractivity contribution in [2.75, 3.05) is 0 Å². The van der Waals surface area contributed by atoms with Crippen molar-refractivity contribution in [3.63, 3.8) is 0 Å². The van der Waals surface area contributed by atoms with Gasteiger partial charge < -0.3 is 6.15 Å². The van der Waals surface area contributed by atoms with Crippen molar-refractivity contribution in [3.8, 4) is 47.9 Å². The Kier molecular flexibility index (Phi) is 9.15. The van der Waals surface area contributed by atoms with Gasteiger partial charge in [-0.3, -0.25) is 4.98 Å². The van der Waals surface area contributed by atoms with E-state index in [2.05, 4.69) is 91.5 Å². The first-order valence-corrected chi connectivity index (χ1v) is 7.22. The van der Waals surface area contributed by atoms with Crippen LogP contribution in [-0.4, -0.2) is 4.98 Å². The maximum Gasteiger partial charge on any atom is 0.0704 e. The fraction of sp³-hybridized carbons (Fsp3) is 0.227. The zero-order valence-electron chi connectivity index (χ0n) is 14.7. The first kappa shape index (κ1) is 20.8. The third kappa shape index (κ3) is 6.73. The number of hydrogen-bond acceptors (Lipinski definition) is 2. The zero-order valence-corrected chi connectivity index (χ0v) is 14.7. The molecule has 2 aromatic rings. The van der Waals surface area contributed by atoms with Crippen molar-refractivity contribution < 1.29 is 0 Å².